The van der Waals surface area contributed by atoms with Gasteiger partial charge >= 0.3 is 0 Å². The molecule has 0 aliphatic carbocycles. The highest BCUT2D eigenvalue weighted by Crippen LogP contribution is 2.18. The summed E-state index contributed by atoms with van der Waals surface area (Å²) in [4.78, 5) is 0. The molecular formula is C16H19NO. The number of para-hydroxylation sites is 1. The summed E-state index contributed by atoms with van der Waals surface area (Å²) in [5.74, 6) is 0. The van der Waals surface area contributed by atoms with Crippen LogP contribution in [-0.2, 0) is 6.42 Å². The van der Waals surface area contributed by atoms with E-state index in [9.17, 15) is 0 Å². The Kier molecular flexibility index (Phi) is 4.79. The number of nitrogens with one attached hydrogen (secondary N) is 1. The third-order valence-corrected chi connectivity index (χ3v) is 2.91. The van der Waals surface area contributed by atoms with Gasteiger partial charge in [0.25, 0.3) is 0 Å². The highest BCUT2D eigenvalue weighted by molar-refractivity contribution is 5.52. The molecule has 0 radical (unpaired) electrons. The highest BCUT2D eigenvalue weighted by atomic mass is 16.3. The number of aliphatic hydroxyl groups excluding tert-OH is 1. The fourth-order valence-corrected chi connectivity index (χ4v) is 1.96. The van der Waals surface area contributed by atoms with Gasteiger partial charge in [0.05, 0.1) is 0 Å². The van der Waals surface area contributed by atoms with Crippen LogP contribution < -0.4 is 5.32 Å². The molecule has 2 aromatic carbocycles. The van der Waals surface area contributed by atoms with E-state index in [2.05, 4.69) is 47.8 Å². The summed E-state index contributed by atoms with van der Waals surface area (Å²) >= 11 is 0. The second-order valence-electron chi connectivity index (χ2n) is 4.32. The van der Waals surface area contributed by atoms with Gasteiger partial charge in [0.1, 0.15) is 0 Å². The number of hydrogen-bond donors (Lipinski definition) is 2. The number of hydrogen-bond acceptors (Lipinski definition) is 2. The molecule has 2 rings (SSSR count). The minimum Gasteiger partial charge on any atom is -0.396 e. The molecule has 0 spiro atoms. The second-order valence-corrected chi connectivity index (χ2v) is 4.32. The SMILES string of the molecule is OCCCNc1ccccc1Cc1ccccc1. The maximum absolute atomic E-state index is 8.81. The van der Waals surface area contributed by atoms with Crippen molar-refractivity contribution < 1.29 is 5.11 Å². The number of anilines is 1. The van der Waals surface area contributed by atoms with E-state index in [0.717, 1.165) is 25.1 Å². The summed E-state index contributed by atoms with van der Waals surface area (Å²) in [6, 6.07) is 18.8. The average molecular weight is 241 g/mol. The van der Waals surface area contributed by atoms with Crippen LogP contribution in [0.15, 0.2) is 54.6 Å². The third kappa shape index (κ3) is 3.60. The van der Waals surface area contributed by atoms with Crippen LogP contribution in [0.1, 0.15) is 17.5 Å². The fourth-order valence-electron chi connectivity index (χ4n) is 1.96. The lowest BCUT2D eigenvalue weighted by molar-refractivity contribution is 0.292. The standard InChI is InChI=1S/C16H19NO/c18-12-6-11-17-16-10-5-4-9-15(16)13-14-7-2-1-3-8-14/h1-5,7-10,17-18H,6,11-13H2. The van der Waals surface area contributed by atoms with Crippen molar-refractivity contribution in [2.45, 2.75) is 12.8 Å². The molecule has 0 aliphatic heterocycles. The summed E-state index contributed by atoms with van der Waals surface area (Å²) in [6.45, 7) is 1.04. The highest BCUT2D eigenvalue weighted by Gasteiger charge is 2.02. The van der Waals surface area contributed by atoms with Crippen LogP contribution in [0.25, 0.3) is 0 Å². The van der Waals surface area contributed by atoms with E-state index < -0.39 is 0 Å². The molecule has 0 saturated carbocycles. The average Bonchev–Trinajstić information content (AvgIpc) is 2.42. The van der Waals surface area contributed by atoms with Crippen molar-refractivity contribution in [3.8, 4) is 0 Å². The summed E-state index contributed by atoms with van der Waals surface area (Å²) in [5.41, 5.74) is 3.77. The lowest BCUT2D eigenvalue weighted by Crippen LogP contribution is -2.05. The van der Waals surface area contributed by atoms with Crippen molar-refractivity contribution in [1.29, 1.82) is 0 Å². The topological polar surface area (TPSA) is 32.3 Å². The van der Waals surface area contributed by atoms with Crippen LogP contribution in [0.3, 0.4) is 0 Å². The van der Waals surface area contributed by atoms with Crippen LogP contribution in [0, 0.1) is 0 Å². The number of aliphatic hydroxyl groups is 1. The summed E-state index contributed by atoms with van der Waals surface area (Å²) in [7, 11) is 0. The summed E-state index contributed by atoms with van der Waals surface area (Å²) in [5, 5.41) is 12.2. The van der Waals surface area contributed by atoms with E-state index in [1.807, 2.05) is 12.1 Å². The van der Waals surface area contributed by atoms with Gasteiger partial charge in [-0.3, -0.25) is 0 Å². The molecule has 0 unspecified atom stereocenters. The van der Waals surface area contributed by atoms with Gasteiger partial charge in [-0.15, -0.1) is 0 Å². The van der Waals surface area contributed by atoms with E-state index >= 15 is 0 Å². The molecule has 0 bridgehead atoms. The summed E-state index contributed by atoms with van der Waals surface area (Å²) < 4.78 is 0. The zero-order valence-corrected chi connectivity index (χ0v) is 10.5. The van der Waals surface area contributed by atoms with E-state index in [1.165, 1.54) is 11.1 Å². The normalized spacial score (nSPS) is 10.3. The number of rotatable bonds is 6. The maximum Gasteiger partial charge on any atom is 0.0447 e. The first kappa shape index (κ1) is 12.7. The van der Waals surface area contributed by atoms with Crippen molar-refractivity contribution in [3.63, 3.8) is 0 Å². The molecule has 2 aromatic rings. The molecule has 0 atom stereocenters. The number of benzene rings is 2. The molecule has 0 aromatic heterocycles. The van der Waals surface area contributed by atoms with E-state index in [-0.39, 0.29) is 6.61 Å². The minimum atomic E-state index is 0.230. The Labute approximate surface area is 108 Å². The Bertz CT molecular complexity index is 468. The minimum absolute atomic E-state index is 0.230. The van der Waals surface area contributed by atoms with E-state index in [4.69, 9.17) is 5.11 Å². The van der Waals surface area contributed by atoms with Crippen LogP contribution in [0.5, 0.6) is 0 Å². The Hall–Kier alpha value is -1.80. The van der Waals surface area contributed by atoms with Crippen LogP contribution >= 0.6 is 0 Å². The largest absolute Gasteiger partial charge is 0.396 e. The lowest BCUT2D eigenvalue weighted by Gasteiger charge is -2.11. The Balaban J connectivity index is 2.07. The Morgan fingerprint density at radius 1 is 0.889 bits per heavy atom. The Morgan fingerprint density at radius 3 is 2.39 bits per heavy atom. The van der Waals surface area contributed by atoms with Gasteiger partial charge in [0.15, 0.2) is 0 Å². The van der Waals surface area contributed by atoms with Gasteiger partial charge in [-0.25, -0.2) is 0 Å². The molecule has 2 nitrogen and oxygen atoms in total. The third-order valence-electron chi connectivity index (χ3n) is 2.91. The smallest absolute Gasteiger partial charge is 0.0447 e. The second kappa shape index (κ2) is 6.82. The van der Waals surface area contributed by atoms with Gasteiger partial charge in [-0.2, -0.15) is 0 Å². The van der Waals surface area contributed by atoms with Gasteiger partial charge in [-0.05, 0) is 30.0 Å². The van der Waals surface area contributed by atoms with Gasteiger partial charge in [-0.1, -0.05) is 48.5 Å². The zero-order chi connectivity index (χ0) is 12.6. The lowest BCUT2D eigenvalue weighted by atomic mass is 10.0. The van der Waals surface area contributed by atoms with Crippen LogP contribution in [0.4, 0.5) is 5.69 Å². The quantitative estimate of drug-likeness (QED) is 0.762. The molecule has 0 fully saturated rings. The molecule has 0 aliphatic rings. The van der Waals surface area contributed by atoms with Crippen molar-refractivity contribution in [1.82, 2.24) is 0 Å². The fraction of sp³-hybridized carbons (Fsp3) is 0.250. The zero-order valence-electron chi connectivity index (χ0n) is 10.5. The van der Waals surface area contributed by atoms with Crippen molar-refractivity contribution in [2.75, 3.05) is 18.5 Å². The Morgan fingerprint density at radius 2 is 1.61 bits per heavy atom. The van der Waals surface area contributed by atoms with E-state index in [0.29, 0.717) is 0 Å². The molecular weight excluding hydrogens is 222 g/mol. The molecule has 94 valence electrons. The molecule has 0 amide bonds. The van der Waals surface area contributed by atoms with Gasteiger partial charge in [0, 0.05) is 18.8 Å². The molecule has 2 N–H and O–H groups in total. The predicted molar refractivity (Wildman–Crippen MR) is 75.9 cm³/mol. The summed E-state index contributed by atoms with van der Waals surface area (Å²) in [6.07, 6.45) is 1.71. The predicted octanol–water partition coefficient (Wildman–Crippen LogP) is 3.07. The van der Waals surface area contributed by atoms with Crippen LogP contribution in [-0.4, -0.2) is 18.3 Å². The molecule has 2 heteroatoms. The first-order valence-electron chi connectivity index (χ1n) is 6.36. The first-order valence-corrected chi connectivity index (χ1v) is 6.36. The van der Waals surface area contributed by atoms with Crippen molar-refractivity contribution in [2.24, 2.45) is 0 Å². The van der Waals surface area contributed by atoms with Crippen molar-refractivity contribution >= 4 is 5.69 Å². The molecule has 0 heterocycles. The molecule has 18 heavy (non-hydrogen) atoms. The maximum atomic E-state index is 8.81. The van der Waals surface area contributed by atoms with Gasteiger partial charge in [0.2, 0.25) is 0 Å². The molecule has 0 saturated heterocycles. The van der Waals surface area contributed by atoms with Crippen LogP contribution in [0.2, 0.25) is 0 Å². The van der Waals surface area contributed by atoms with Crippen molar-refractivity contribution in [3.05, 3.63) is 65.7 Å². The first-order chi connectivity index (χ1) is 8.90. The van der Waals surface area contributed by atoms with Gasteiger partial charge < -0.3 is 10.4 Å². The monoisotopic (exact) mass is 241 g/mol. The van der Waals surface area contributed by atoms with E-state index in [1.54, 1.807) is 0 Å².